The summed E-state index contributed by atoms with van der Waals surface area (Å²) in [5.41, 5.74) is -0.960. The first-order valence-corrected chi connectivity index (χ1v) is 8.82. The van der Waals surface area contributed by atoms with Gasteiger partial charge in [-0.3, -0.25) is 9.59 Å². The van der Waals surface area contributed by atoms with Crippen molar-refractivity contribution in [2.75, 3.05) is 14.2 Å². The molecule has 5 aliphatic rings. The van der Waals surface area contributed by atoms with Gasteiger partial charge in [0.1, 0.15) is 0 Å². The molecule has 0 aromatic carbocycles. The molecule has 1 heterocycles. The number of carbonyl (C=O) groups excluding carboxylic acids is 4. The molecule has 1 saturated carbocycles. The molecule has 9 heteroatoms. The number of esters is 2. The largest absolute Gasteiger partial charge is 0.466 e. The van der Waals surface area contributed by atoms with Crippen LogP contribution in [-0.2, 0) is 33.4 Å². The molecule has 2 N–H and O–H groups in total. The molecule has 0 aromatic heterocycles. The molecular weight excluding hydrogens is 384 g/mol. The van der Waals surface area contributed by atoms with Crippen LogP contribution < -0.4 is 0 Å². The number of Topliss-reactive ketones (excluding diaryl/α,β-unsaturated/α-hetero) is 1. The van der Waals surface area contributed by atoms with E-state index in [2.05, 4.69) is 9.47 Å². The molecule has 0 amide bonds. The first kappa shape index (κ1) is 19.4. The summed E-state index contributed by atoms with van der Waals surface area (Å²) in [6.07, 6.45) is 9.00. The third-order valence-corrected chi connectivity index (χ3v) is 6.12. The number of rotatable bonds is 4. The molecule has 2 fully saturated rings. The van der Waals surface area contributed by atoms with E-state index >= 15 is 0 Å². The van der Waals surface area contributed by atoms with Crippen molar-refractivity contribution in [2.24, 2.45) is 23.2 Å². The molecule has 4 aliphatic carbocycles. The van der Waals surface area contributed by atoms with Crippen molar-refractivity contribution in [3.8, 4) is 0 Å². The second kappa shape index (κ2) is 6.06. The fourth-order valence-electron chi connectivity index (χ4n) is 4.91. The molecule has 0 radical (unpaired) electrons. The third kappa shape index (κ3) is 2.32. The third-order valence-electron chi connectivity index (χ3n) is 6.12. The summed E-state index contributed by atoms with van der Waals surface area (Å²) in [6.45, 7) is 0. The lowest BCUT2D eigenvalue weighted by atomic mass is 9.46. The number of ether oxygens (including phenoxy) is 3. The molecule has 0 spiro atoms. The van der Waals surface area contributed by atoms with Gasteiger partial charge in [0.15, 0.2) is 0 Å². The van der Waals surface area contributed by atoms with Crippen LogP contribution in [0.25, 0.3) is 0 Å². The predicted octanol–water partition coefficient (Wildman–Crippen LogP) is -0.651. The number of hydrogen-bond acceptors (Lipinski definition) is 9. The van der Waals surface area contributed by atoms with E-state index < -0.39 is 58.2 Å². The smallest absolute Gasteiger partial charge is 0.330 e. The van der Waals surface area contributed by atoms with Crippen LogP contribution in [-0.4, -0.2) is 59.5 Å². The first-order valence-electron chi connectivity index (χ1n) is 8.82. The molecule has 4 bridgehead atoms. The van der Waals surface area contributed by atoms with Crippen LogP contribution in [0.4, 0.5) is 0 Å². The van der Waals surface area contributed by atoms with Gasteiger partial charge < -0.3 is 24.4 Å². The summed E-state index contributed by atoms with van der Waals surface area (Å²) < 4.78 is 14.5. The minimum absolute atomic E-state index is 0.341. The quantitative estimate of drug-likeness (QED) is 0.464. The molecule has 1 aliphatic heterocycles. The number of allylic oxidation sites excluding steroid dienone is 4. The zero-order valence-electron chi connectivity index (χ0n) is 15.5. The average molecular weight is 402 g/mol. The summed E-state index contributed by atoms with van der Waals surface area (Å²) >= 11 is 0. The van der Waals surface area contributed by atoms with Crippen molar-refractivity contribution < 1.29 is 43.6 Å². The number of methoxy groups -OCH3 is 2. The van der Waals surface area contributed by atoms with Gasteiger partial charge in [-0.1, -0.05) is 24.3 Å². The monoisotopic (exact) mass is 402 g/mol. The Morgan fingerprint density at radius 2 is 1.76 bits per heavy atom. The maximum absolute atomic E-state index is 13.1. The second-order valence-electron chi connectivity index (χ2n) is 7.37. The van der Waals surface area contributed by atoms with E-state index in [4.69, 9.17) is 4.74 Å². The van der Waals surface area contributed by atoms with Gasteiger partial charge in [0.25, 0.3) is 0 Å². The van der Waals surface area contributed by atoms with Crippen molar-refractivity contribution in [3.63, 3.8) is 0 Å². The van der Waals surface area contributed by atoms with Crippen molar-refractivity contribution >= 4 is 23.5 Å². The van der Waals surface area contributed by atoms with E-state index in [9.17, 15) is 29.4 Å². The lowest BCUT2D eigenvalue weighted by Crippen LogP contribution is -2.63. The van der Waals surface area contributed by atoms with Crippen molar-refractivity contribution in [1.29, 1.82) is 0 Å². The van der Waals surface area contributed by atoms with Gasteiger partial charge in [0.2, 0.25) is 23.1 Å². The predicted molar refractivity (Wildman–Crippen MR) is 93.4 cm³/mol. The highest BCUT2D eigenvalue weighted by Crippen LogP contribution is 2.68. The van der Waals surface area contributed by atoms with Gasteiger partial charge in [0, 0.05) is 23.5 Å². The zero-order chi connectivity index (χ0) is 21.2. The van der Waals surface area contributed by atoms with Crippen LogP contribution in [0.1, 0.15) is 0 Å². The lowest BCUT2D eigenvalue weighted by molar-refractivity contribution is -0.271. The van der Waals surface area contributed by atoms with Crippen molar-refractivity contribution in [2.45, 2.75) is 11.6 Å². The topological polar surface area (TPSA) is 136 Å². The Bertz CT molecular complexity index is 957. The first-order chi connectivity index (χ1) is 13.6. The van der Waals surface area contributed by atoms with Gasteiger partial charge in [0.05, 0.1) is 26.1 Å². The fourth-order valence-corrected chi connectivity index (χ4v) is 4.91. The summed E-state index contributed by atoms with van der Waals surface area (Å²) in [7, 11) is 2.38. The highest BCUT2D eigenvalue weighted by Gasteiger charge is 2.80. The lowest BCUT2D eigenvalue weighted by Gasteiger charge is -2.54. The standard InChI is InChI=1S/C20H18O9/c1-27-13(22)4-3-10-9-11-17(24)20(26)15(10)16-18(11,8-6-14(23)28-2)7-5-12(21)19(16,25)29-20/h3-9,11,15-16,25-26H,1-2H3/b4-3-,8-6-/t11-,15-,16-,18-,19+,20+/m0/s1. The summed E-state index contributed by atoms with van der Waals surface area (Å²) in [5.74, 6) is -11.2. The van der Waals surface area contributed by atoms with E-state index in [-0.39, 0.29) is 0 Å². The van der Waals surface area contributed by atoms with Crippen LogP contribution in [0.3, 0.4) is 0 Å². The minimum Gasteiger partial charge on any atom is -0.466 e. The summed E-state index contributed by atoms with van der Waals surface area (Å²) in [6, 6.07) is 0. The van der Waals surface area contributed by atoms with E-state index in [1.807, 2.05) is 0 Å². The van der Waals surface area contributed by atoms with Gasteiger partial charge in [-0.15, -0.1) is 0 Å². The fraction of sp³-hybridized carbons (Fsp3) is 0.400. The Hall–Kier alpha value is -2.88. The van der Waals surface area contributed by atoms with Gasteiger partial charge in [-0.25, -0.2) is 9.59 Å². The van der Waals surface area contributed by atoms with Crippen LogP contribution in [0.2, 0.25) is 0 Å². The Labute approximate surface area is 164 Å². The van der Waals surface area contributed by atoms with Crippen LogP contribution in [0.15, 0.2) is 48.1 Å². The SMILES string of the molecule is COC(=O)/C=C\C1=C[C@H]2C(=O)[C@]3(O)O[C@]4(O)C(=O)C=C[C@@]2(/C=C\C(=O)OC)[C@@H]4[C@H]13. The number of hydrogen-bond donors (Lipinski definition) is 2. The number of carbonyl (C=O) groups is 4. The van der Waals surface area contributed by atoms with Gasteiger partial charge in [-0.2, -0.15) is 0 Å². The van der Waals surface area contributed by atoms with Crippen molar-refractivity contribution in [1.82, 2.24) is 0 Å². The van der Waals surface area contributed by atoms with Crippen LogP contribution in [0.5, 0.6) is 0 Å². The van der Waals surface area contributed by atoms with Crippen LogP contribution >= 0.6 is 0 Å². The maximum Gasteiger partial charge on any atom is 0.330 e. The summed E-state index contributed by atoms with van der Waals surface area (Å²) in [5, 5.41) is 22.1. The van der Waals surface area contributed by atoms with Gasteiger partial charge >= 0.3 is 11.9 Å². The Balaban J connectivity index is 1.93. The van der Waals surface area contributed by atoms with E-state index in [1.54, 1.807) is 0 Å². The summed E-state index contributed by atoms with van der Waals surface area (Å²) in [4.78, 5) is 48.7. The molecule has 29 heavy (non-hydrogen) atoms. The highest BCUT2D eigenvalue weighted by molar-refractivity contribution is 6.03. The number of ketones is 2. The Morgan fingerprint density at radius 3 is 2.41 bits per heavy atom. The zero-order valence-corrected chi connectivity index (χ0v) is 15.5. The molecular formula is C20H18O9. The Morgan fingerprint density at radius 1 is 1.10 bits per heavy atom. The molecule has 9 nitrogen and oxygen atoms in total. The molecule has 1 saturated heterocycles. The van der Waals surface area contributed by atoms with Gasteiger partial charge in [-0.05, 0) is 11.6 Å². The van der Waals surface area contributed by atoms with E-state index in [1.165, 1.54) is 38.5 Å². The Kier molecular flexibility index (Phi) is 4.06. The highest BCUT2D eigenvalue weighted by atomic mass is 16.7. The minimum atomic E-state index is -2.47. The molecule has 152 valence electrons. The molecule has 5 rings (SSSR count). The number of aliphatic hydroxyl groups is 2. The molecule has 0 unspecified atom stereocenters. The van der Waals surface area contributed by atoms with E-state index in [0.717, 1.165) is 18.2 Å². The van der Waals surface area contributed by atoms with Crippen molar-refractivity contribution in [3.05, 3.63) is 48.1 Å². The van der Waals surface area contributed by atoms with E-state index in [0.29, 0.717) is 5.57 Å². The average Bonchev–Trinajstić information content (AvgIpc) is 2.96. The molecule has 6 atom stereocenters. The normalized spacial score (nSPS) is 41.9. The van der Waals surface area contributed by atoms with Crippen LogP contribution in [0, 0.1) is 23.2 Å². The second-order valence-corrected chi connectivity index (χ2v) is 7.37. The maximum atomic E-state index is 13.1. The molecule has 0 aromatic rings.